The van der Waals surface area contributed by atoms with Crippen molar-refractivity contribution in [2.24, 2.45) is 0 Å². The molecule has 0 saturated carbocycles. The molecule has 0 spiro atoms. The Labute approximate surface area is 67.0 Å². The maximum atomic E-state index is 5.35. The van der Waals surface area contributed by atoms with Crippen molar-refractivity contribution >= 4 is 11.6 Å². The minimum Gasteiger partial charge on any atom is -0.373 e. The van der Waals surface area contributed by atoms with Crippen molar-refractivity contribution in [3.8, 4) is 0 Å². The molecule has 1 aliphatic rings. The lowest BCUT2D eigenvalue weighted by molar-refractivity contribution is 0.390. The van der Waals surface area contributed by atoms with Gasteiger partial charge in [-0.1, -0.05) is 24.1 Å². The van der Waals surface area contributed by atoms with E-state index < -0.39 is 0 Å². The van der Waals surface area contributed by atoms with Crippen LogP contribution in [0.4, 0.5) is 0 Å². The average molecular weight is 161 g/mol. The first-order valence-corrected chi connectivity index (χ1v) is 4.24. The SMILES string of the molecule is Cl/C=C/CCCCC1CO1. The Hall–Kier alpha value is -0.0100. The van der Waals surface area contributed by atoms with E-state index in [-0.39, 0.29) is 0 Å². The molecule has 0 aromatic heterocycles. The summed E-state index contributed by atoms with van der Waals surface area (Å²) < 4.78 is 5.07. The van der Waals surface area contributed by atoms with Crippen molar-refractivity contribution in [2.75, 3.05) is 6.61 Å². The first-order valence-electron chi connectivity index (χ1n) is 3.80. The van der Waals surface area contributed by atoms with E-state index in [0.29, 0.717) is 6.10 Å². The summed E-state index contributed by atoms with van der Waals surface area (Å²) in [5.41, 5.74) is 1.59. The Morgan fingerprint density at radius 3 is 2.90 bits per heavy atom. The highest BCUT2D eigenvalue weighted by Crippen LogP contribution is 2.17. The van der Waals surface area contributed by atoms with Crippen LogP contribution in [0.15, 0.2) is 11.6 Å². The molecule has 10 heavy (non-hydrogen) atoms. The number of epoxide rings is 1. The topological polar surface area (TPSA) is 12.5 Å². The zero-order chi connectivity index (χ0) is 7.23. The summed E-state index contributed by atoms with van der Waals surface area (Å²) >= 11 is 5.35. The van der Waals surface area contributed by atoms with Gasteiger partial charge in [-0.3, -0.25) is 0 Å². The van der Waals surface area contributed by atoms with E-state index >= 15 is 0 Å². The molecule has 0 amide bonds. The van der Waals surface area contributed by atoms with E-state index in [1.54, 1.807) is 5.54 Å². The Balaban J connectivity index is 1.76. The highest BCUT2D eigenvalue weighted by atomic mass is 35.5. The number of hydrogen-bond acceptors (Lipinski definition) is 1. The van der Waals surface area contributed by atoms with Gasteiger partial charge < -0.3 is 4.74 Å². The summed E-state index contributed by atoms with van der Waals surface area (Å²) in [6, 6.07) is 0. The lowest BCUT2D eigenvalue weighted by Crippen LogP contribution is -1.83. The van der Waals surface area contributed by atoms with Crippen molar-refractivity contribution in [3.05, 3.63) is 11.6 Å². The van der Waals surface area contributed by atoms with E-state index in [0.717, 1.165) is 13.0 Å². The van der Waals surface area contributed by atoms with Gasteiger partial charge in [-0.05, 0) is 19.3 Å². The van der Waals surface area contributed by atoms with E-state index in [4.69, 9.17) is 16.3 Å². The molecule has 0 bridgehead atoms. The van der Waals surface area contributed by atoms with Gasteiger partial charge >= 0.3 is 0 Å². The van der Waals surface area contributed by atoms with Crippen LogP contribution in [-0.2, 0) is 4.74 Å². The molecule has 0 aliphatic carbocycles. The third-order valence-corrected chi connectivity index (χ3v) is 1.82. The third kappa shape index (κ3) is 3.91. The molecule has 0 radical (unpaired) electrons. The molecule has 1 saturated heterocycles. The van der Waals surface area contributed by atoms with Crippen molar-refractivity contribution in [1.29, 1.82) is 0 Å². The molecule has 0 N–H and O–H groups in total. The third-order valence-electron chi connectivity index (χ3n) is 1.64. The second-order valence-corrected chi connectivity index (χ2v) is 2.85. The molecular formula is C8H13ClO. The highest BCUT2D eigenvalue weighted by Gasteiger charge is 2.20. The molecule has 0 aromatic rings. The first kappa shape index (κ1) is 8.09. The largest absolute Gasteiger partial charge is 0.373 e. The van der Waals surface area contributed by atoms with Crippen molar-refractivity contribution < 1.29 is 4.74 Å². The van der Waals surface area contributed by atoms with Crippen LogP contribution in [0.2, 0.25) is 0 Å². The molecule has 1 aliphatic heterocycles. The zero-order valence-corrected chi connectivity index (χ0v) is 6.81. The van der Waals surface area contributed by atoms with E-state index in [2.05, 4.69) is 0 Å². The minimum atomic E-state index is 0.597. The molecule has 1 heterocycles. The maximum Gasteiger partial charge on any atom is 0.0810 e. The molecule has 1 fully saturated rings. The molecule has 58 valence electrons. The standard InChI is InChI=1S/C8H13ClO/c9-6-4-2-1-3-5-8-7-10-8/h4,6,8H,1-3,5,7H2/b6-4+. The van der Waals surface area contributed by atoms with Crippen LogP contribution < -0.4 is 0 Å². The molecule has 0 aromatic carbocycles. The molecule has 1 unspecified atom stereocenters. The zero-order valence-electron chi connectivity index (χ0n) is 6.05. The van der Waals surface area contributed by atoms with Gasteiger partial charge in [0.25, 0.3) is 0 Å². The predicted octanol–water partition coefficient (Wildman–Crippen LogP) is 2.70. The summed E-state index contributed by atoms with van der Waals surface area (Å²) in [6.45, 7) is 0.991. The van der Waals surface area contributed by atoms with Gasteiger partial charge in [-0.2, -0.15) is 0 Å². The van der Waals surface area contributed by atoms with Crippen molar-refractivity contribution in [1.82, 2.24) is 0 Å². The molecule has 1 rings (SSSR count). The molecule has 2 heteroatoms. The number of ether oxygens (including phenoxy) is 1. The van der Waals surface area contributed by atoms with Gasteiger partial charge in [0.1, 0.15) is 0 Å². The summed E-state index contributed by atoms with van der Waals surface area (Å²) in [5, 5.41) is 0. The number of allylic oxidation sites excluding steroid dienone is 1. The number of rotatable bonds is 5. The van der Waals surface area contributed by atoms with Gasteiger partial charge in [0.05, 0.1) is 12.7 Å². The van der Waals surface area contributed by atoms with Crippen LogP contribution in [-0.4, -0.2) is 12.7 Å². The fourth-order valence-corrected chi connectivity index (χ4v) is 1.06. The Morgan fingerprint density at radius 1 is 1.50 bits per heavy atom. The lowest BCUT2D eigenvalue weighted by atomic mass is 10.1. The van der Waals surface area contributed by atoms with E-state index in [9.17, 15) is 0 Å². The number of hydrogen-bond donors (Lipinski definition) is 0. The van der Waals surface area contributed by atoms with Crippen LogP contribution in [0.5, 0.6) is 0 Å². The average Bonchev–Trinajstić information content (AvgIpc) is 2.71. The maximum absolute atomic E-state index is 5.35. The summed E-state index contributed by atoms with van der Waals surface area (Å²) in [4.78, 5) is 0. The smallest absolute Gasteiger partial charge is 0.0810 e. The Kier molecular flexibility index (Phi) is 3.84. The summed E-state index contributed by atoms with van der Waals surface area (Å²) in [6.07, 6.45) is 7.44. The summed E-state index contributed by atoms with van der Waals surface area (Å²) in [5.74, 6) is 0. The summed E-state index contributed by atoms with van der Waals surface area (Å²) in [7, 11) is 0. The fraction of sp³-hybridized carbons (Fsp3) is 0.750. The quantitative estimate of drug-likeness (QED) is 0.445. The highest BCUT2D eigenvalue weighted by molar-refractivity contribution is 6.25. The van der Waals surface area contributed by atoms with Gasteiger partial charge in [0.2, 0.25) is 0 Å². The Bertz CT molecular complexity index is 108. The van der Waals surface area contributed by atoms with E-state index in [1.807, 2.05) is 6.08 Å². The number of halogens is 1. The molecule has 1 atom stereocenters. The van der Waals surface area contributed by atoms with E-state index in [1.165, 1.54) is 19.3 Å². The lowest BCUT2D eigenvalue weighted by Gasteiger charge is -1.92. The Morgan fingerprint density at radius 2 is 2.30 bits per heavy atom. The van der Waals surface area contributed by atoms with Crippen LogP contribution in [0.25, 0.3) is 0 Å². The minimum absolute atomic E-state index is 0.597. The van der Waals surface area contributed by atoms with Crippen LogP contribution in [0.3, 0.4) is 0 Å². The number of unbranched alkanes of at least 4 members (excludes halogenated alkanes) is 2. The van der Waals surface area contributed by atoms with Gasteiger partial charge in [0.15, 0.2) is 0 Å². The van der Waals surface area contributed by atoms with Crippen LogP contribution in [0, 0.1) is 0 Å². The van der Waals surface area contributed by atoms with Gasteiger partial charge in [-0.25, -0.2) is 0 Å². The fourth-order valence-electron chi connectivity index (χ4n) is 0.932. The second kappa shape index (κ2) is 4.75. The second-order valence-electron chi connectivity index (χ2n) is 2.60. The van der Waals surface area contributed by atoms with Crippen molar-refractivity contribution in [3.63, 3.8) is 0 Å². The van der Waals surface area contributed by atoms with Gasteiger partial charge in [0, 0.05) is 5.54 Å². The normalized spacial score (nSPS) is 23.9. The monoisotopic (exact) mass is 160 g/mol. The first-order chi connectivity index (χ1) is 4.93. The van der Waals surface area contributed by atoms with Crippen LogP contribution in [0.1, 0.15) is 25.7 Å². The van der Waals surface area contributed by atoms with Crippen molar-refractivity contribution in [2.45, 2.75) is 31.8 Å². The molecule has 1 nitrogen and oxygen atoms in total. The van der Waals surface area contributed by atoms with Gasteiger partial charge in [-0.15, -0.1) is 0 Å². The predicted molar refractivity (Wildman–Crippen MR) is 43.2 cm³/mol. The molecular weight excluding hydrogens is 148 g/mol. The van der Waals surface area contributed by atoms with Crippen LogP contribution >= 0.6 is 11.6 Å².